The third kappa shape index (κ3) is 3.18. The number of H-pyrrole nitrogens is 1. The molecule has 0 aliphatic heterocycles. The van der Waals surface area contributed by atoms with Gasteiger partial charge < -0.3 is 16.0 Å². The molecule has 1 aromatic carbocycles. The van der Waals surface area contributed by atoms with Gasteiger partial charge in [0.25, 0.3) is 0 Å². The molecular formula is C13H16N4O. The van der Waals surface area contributed by atoms with E-state index in [9.17, 15) is 4.79 Å². The molecule has 0 saturated carbocycles. The number of rotatable bonds is 5. The maximum Gasteiger partial charge on any atom is 0.224 e. The van der Waals surface area contributed by atoms with Crippen molar-refractivity contribution in [3.63, 3.8) is 0 Å². The molecule has 0 spiro atoms. The molecule has 0 saturated heterocycles. The summed E-state index contributed by atoms with van der Waals surface area (Å²) in [5.74, 6) is -0.0227. The van der Waals surface area contributed by atoms with Gasteiger partial charge in [0.2, 0.25) is 5.91 Å². The van der Waals surface area contributed by atoms with Crippen LogP contribution in [-0.2, 0) is 24.3 Å². The zero-order chi connectivity index (χ0) is 12.8. The van der Waals surface area contributed by atoms with Gasteiger partial charge in [-0.15, -0.1) is 0 Å². The van der Waals surface area contributed by atoms with E-state index in [0.29, 0.717) is 19.5 Å². The van der Waals surface area contributed by atoms with Gasteiger partial charge in [-0.05, 0) is 11.1 Å². The number of benzene rings is 1. The second-order valence-electron chi connectivity index (χ2n) is 4.00. The second kappa shape index (κ2) is 5.97. The number of nitrogens with one attached hydrogen (secondary N) is 2. The first kappa shape index (κ1) is 12.3. The first-order valence-electron chi connectivity index (χ1n) is 5.80. The molecular weight excluding hydrogens is 228 g/mol. The molecule has 5 nitrogen and oxygen atoms in total. The summed E-state index contributed by atoms with van der Waals surface area (Å²) in [6.45, 7) is 0.910. The van der Waals surface area contributed by atoms with Crippen molar-refractivity contribution in [2.24, 2.45) is 5.73 Å². The Morgan fingerprint density at radius 3 is 2.78 bits per heavy atom. The molecule has 0 unspecified atom stereocenters. The number of nitrogens with two attached hydrogens (primary N) is 1. The Morgan fingerprint density at radius 1 is 1.33 bits per heavy atom. The van der Waals surface area contributed by atoms with Gasteiger partial charge in [0.15, 0.2) is 0 Å². The van der Waals surface area contributed by atoms with E-state index >= 15 is 0 Å². The Bertz CT molecular complexity index is 507. The van der Waals surface area contributed by atoms with Crippen molar-refractivity contribution in [1.82, 2.24) is 15.3 Å². The van der Waals surface area contributed by atoms with Gasteiger partial charge in [0.1, 0.15) is 0 Å². The number of carbonyl (C=O) groups excluding carboxylic acids is 1. The predicted molar refractivity (Wildman–Crippen MR) is 68.5 cm³/mol. The fourth-order valence-corrected chi connectivity index (χ4v) is 1.74. The molecule has 1 aromatic heterocycles. The van der Waals surface area contributed by atoms with Crippen molar-refractivity contribution in [1.29, 1.82) is 0 Å². The van der Waals surface area contributed by atoms with Gasteiger partial charge >= 0.3 is 0 Å². The van der Waals surface area contributed by atoms with E-state index in [1.807, 2.05) is 24.3 Å². The Hall–Kier alpha value is -2.14. The van der Waals surface area contributed by atoms with Gasteiger partial charge in [-0.2, -0.15) is 0 Å². The van der Waals surface area contributed by atoms with Crippen molar-refractivity contribution < 1.29 is 4.79 Å². The Labute approximate surface area is 105 Å². The molecule has 0 fully saturated rings. The smallest absolute Gasteiger partial charge is 0.224 e. The predicted octanol–water partition coefficient (Wildman–Crippen LogP) is 0.727. The van der Waals surface area contributed by atoms with E-state index in [4.69, 9.17) is 5.73 Å². The largest absolute Gasteiger partial charge is 0.350 e. The minimum Gasteiger partial charge on any atom is -0.350 e. The van der Waals surface area contributed by atoms with E-state index < -0.39 is 0 Å². The summed E-state index contributed by atoms with van der Waals surface area (Å²) < 4.78 is 0. The molecule has 4 N–H and O–H groups in total. The molecule has 18 heavy (non-hydrogen) atoms. The molecule has 0 radical (unpaired) electrons. The topological polar surface area (TPSA) is 83.8 Å². The minimum absolute atomic E-state index is 0.0227. The monoisotopic (exact) mass is 244 g/mol. The molecule has 94 valence electrons. The third-order valence-corrected chi connectivity index (χ3v) is 2.72. The number of imidazole rings is 1. The van der Waals surface area contributed by atoms with Crippen LogP contribution in [0.15, 0.2) is 36.8 Å². The highest BCUT2D eigenvalue weighted by Crippen LogP contribution is 2.08. The Kier molecular flexibility index (Phi) is 4.09. The summed E-state index contributed by atoms with van der Waals surface area (Å²) >= 11 is 0. The number of hydrogen-bond donors (Lipinski definition) is 3. The van der Waals surface area contributed by atoms with Crippen LogP contribution in [0.25, 0.3) is 0 Å². The molecule has 1 heterocycles. The van der Waals surface area contributed by atoms with Crippen LogP contribution in [0.5, 0.6) is 0 Å². The second-order valence-corrected chi connectivity index (χ2v) is 4.00. The number of aromatic nitrogens is 2. The molecule has 0 atom stereocenters. The van der Waals surface area contributed by atoms with Gasteiger partial charge in [-0.3, -0.25) is 4.79 Å². The lowest BCUT2D eigenvalue weighted by atomic mass is 10.0. The number of carbonyl (C=O) groups is 1. The van der Waals surface area contributed by atoms with Crippen LogP contribution >= 0.6 is 0 Å². The lowest BCUT2D eigenvalue weighted by Crippen LogP contribution is -2.25. The highest BCUT2D eigenvalue weighted by atomic mass is 16.1. The van der Waals surface area contributed by atoms with Crippen molar-refractivity contribution >= 4 is 5.91 Å². The van der Waals surface area contributed by atoms with E-state index in [-0.39, 0.29) is 5.91 Å². The standard InChI is InChI=1S/C13H16N4O/c14-6-11-4-2-1-3-10(11)5-13(18)16-8-12-7-15-9-17-12/h1-4,7,9H,5-6,8,14H2,(H,15,17)(H,16,18). The Morgan fingerprint density at radius 2 is 2.11 bits per heavy atom. The molecule has 2 aromatic rings. The van der Waals surface area contributed by atoms with Crippen LogP contribution in [0.3, 0.4) is 0 Å². The summed E-state index contributed by atoms with van der Waals surface area (Å²) in [4.78, 5) is 18.6. The van der Waals surface area contributed by atoms with Crippen LogP contribution in [0.4, 0.5) is 0 Å². The lowest BCUT2D eigenvalue weighted by Gasteiger charge is -2.07. The number of amides is 1. The van der Waals surface area contributed by atoms with E-state index in [1.165, 1.54) is 0 Å². The maximum absolute atomic E-state index is 11.8. The summed E-state index contributed by atoms with van der Waals surface area (Å²) in [6.07, 6.45) is 3.63. The van der Waals surface area contributed by atoms with Crippen molar-refractivity contribution in [3.05, 3.63) is 53.6 Å². The van der Waals surface area contributed by atoms with Gasteiger partial charge in [0.05, 0.1) is 25.0 Å². The number of aromatic amines is 1. The fraction of sp³-hybridized carbons (Fsp3) is 0.231. The average molecular weight is 244 g/mol. The first-order chi connectivity index (χ1) is 8.79. The van der Waals surface area contributed by atoms with E-state index in [0.717, 1.165) is 16.8 Å². The van der Waals surface area contributed by atoms with E-state index in [2.05, 4.69) is 15.3 Å². The van der Waals surface area contributed by atoms with Crippen LogP contribution in [0, 0.1) is 0 Å². The maximum atomic E-state index is 11.8. The van der Waals surface area contributed by atoms with Gasteiger partial charge in [-0.1, -0.05) is 24.3 Å². The summed E-state index contributed by atoms with van der Waals surface area (Å²) in [6, 6.07) is 7.71. The molecule has 2 rings (SSSR count). The fourth-order valence-electron chi connectivity index (χ4n) is 1.74. The van der Waals surface area contributed by atoms with Crippen molar-refractivity contribution in [2.75, 3.05) is 0 Å². The lowest BCUT2D eigenvalue weighted by molar-refractivity contribution is -0.120. The Balaban J connectivity index is 1.90. The summed E-state index contributed by atoms with van der Waals surface area (Å²) in [7, 11) is 0. The first-order valence-corrected chi connectivity index (χ1v) is 5.80. The van der Waals surface area contributed by atoms with Crippen LogP contribution in [0.2, 0.25) is 0 Å². The number of nitrogens with zero attached hydrogens (tertiary/aromatic N) is 1. The van der Waals surface area contributed by atoms with Crippen LogP contribution in [0.1, 0.15) is 16.8 Å². The molecule has 0 aliphatic rings. The third-order valence-electron chi connectivity index (χ3n) is 2.72. The SMILES string of the molecule is NCc1ccccc1CC(=O)NCc1cnc[nH]1. The minimum atomic E-state index is -0.0227. The van der Waals surface area contributed by atoms with Crippen molar-refractivity contribution in [2.45, 2.75) is 19.5 Å². The highest BCUT2D eigenvalue weighted by molar-refractivity contribution is 5.78. The summed E-state index contributed by atoms with van der Waals surface area (Å²) in [5, 5.41) is 2.83. The van der Waals surface area contributed by atoms with E-state index in [1.54, 1.807) is 12.5 Å². The van der Waals surface area contributed by atoms with Gasteiger partial charge in [0, 0.05) is 12.7 Å². The van der Waals surface area contributed by atoms with Crippen LogP contribution < -0.4 is 11.1 Å². The quantitative estimate of drug-likeness (QED) is 0.725. The number of hydrogen-bond acceptors (Lipinski definition) is 3. The molecule has 1 amide bonds. The average Bonchev–Trinajstić information content (AvgIpc) is 2.90. The van der Waals surface area contributed by atoms with Crippen molar-refractivity contribution in [3.8, 4) is 0 Å². The van der Waals surface area contributed by atoms with Gasteiger partial charge in [-0.25, -0.2) is 4.98 Å². The zero-order valence-electron chi connectivity index (χ0n) is 10.0. The normalized spacial score (nSPS) is 10.3. The van der Waals surface area contributed by atoms with Crippen LogP contribution in [-0.4, -0.2) is 15.9 Å². The highest BCUT2D eigenvalue weighted by Gasteiger charge is 2.06. The molecule has 0 bridgehead atoms. The molecule has 0 aliphatic carbocycles. The zero-order valence-corrected chi connectivity index (χ0v) is 10.0. The summed E-state index contributed by atoms with van der Waals surface area (Å²) in [5.41, 5.74) is 8.50. The molecule has 5 heteroatoms.